The highest BCUT2D eigenvalue weighted by molar-refractivity contribution is 8.00. The Morgan fingerprint density at radius 2 is 1.96 bits per heavy atom. The summed E-state index contributed by atoms with van der Waals surface area (Å²) in [5.74, 6) is 1.36. The molecule has 0 saturated heterocycles. The van der Waals surface area contributed by atoms with Crippen LogP contribution in [0.5, 0.6) is 17.2 Å². The molecule has 1 N–H and O–H groups in total. The SMILES string of the molecule is COc1cc([N+](=O)[O-])ccc1NC(=O)[C@H](C)Sc1ccc2c(c1)OCCCO2. The molecule has 1 aliphatic rings. The van der Waals surface area contributed by atoms with Gasteiger partial charge in [0.05, 0.1) is 42.3 Å². The first-order valence-electron chi connectivity index (χ1n) is 8.67. The van der Waals surface area contributed by atoms with Crippen molar-refractivity contribution in [3.63, 3.8) is 0 Å². The van der Waals surface area contributed by atoms with Crippen LogP contribution in [0.2, 0.25) is 0 Å². The number of nitro benzene ring substituents is 1. The van der Waals surface area contributed by atoms with Crippen molar-refractivity contribution in [3.05, 3.63) is 46.5 Å². The topological polar surface area (TPSA) is 99.9 Å². The number of rotatable bonds is 6. The van der Waals surface area contributed by atoms with Gasteiger partial charge in [-0.05, 0) is 31.2 Å². The Balaban J connectivity index is 1.68. The highest BCUT2D eigenvalue weighted by Gasteiger charge is 2.19. The zero-order valence-electron chi connectivity index (χ0n) is 15.5. The third kappa shape index (κ3) is 4.66. The summed E-state index contributed by atoms with van der Waals surface area (Å²) in [6, 6.07) is 9.64. The number of hydrogen-bond donors (Lipinski definition) is 1. The molecular weight excluding hydrogens is 384 g/mol. The molecule has 1 amide bonds. The number of carbonyl (C=O) groups excluding carboxylic acids is 1. The smallest absolute Gasteiger partial charge is 0.273 e. The second kappa shape index (κ2) is 8.83. The average Bonchev–Trinajstić information content (AvgIpc) is 2.93. The summed E-state index contributed by atoms with van der Waals surface area (Å²) in [4.78, 5) is 23.8. The number of nitro groups is 1. The van der Waals surface area contributed by atoms with E-state index in [2.05, 4.69) is 5.32 Å². The van der Waals surface area contributed by atoms with Gasteiger partial charge in [0.1, 0.15) is 5.75 Å². The van der Waals surface area contributed by atoms with Crippen LogP contribution in [0.1, 0.15) is 13.3 Å². The molecule has 2 aromatic rings. The van der Waals surface area contributed by atoms with E-state index in [4.69, 9.17) is 14.2 Å². The Labute approximate surface area is 166 Å². The number of amides is 1. The number of anilines is 1. The number of hydrogen-bond acceptors (Lipinski definition) is 7. The molecule has 0 radical (unpaired) electrons. The molecule has 1 aliphatic heterocycles. The summed E-state index contributed by atoms with van der Waals surface area (Å²) in [5, 5.41) is 13.2. The van der Waals surface area contributed by atoms with Crippen LogP contribution in [0.4, 0.5) is 11.4 Å². The van der Waals surface area contributed by atoms with Crippen molar-refractivity contribution in [3.8, 4) is 17.2 Å². The first-order valence-corrected chi connectivity index (χ1v) is 9.55. The van der Waals surface area contributed by atoms with Crippen molar-refractivity contribution in [2.24, 2.45) is 0 Å². The van der Waals surface area contributed by atoms with Gasteiger partial charge in [0, 0.05) is 17.4 Å². The number of methoxy groups -OCH3 is 1. The van der Waals surface area contributed by atoms with Gasteiger partial charge in [-0.15, -0.1) is 11.8 Å². The molecule has 0 spiro atoms. The molecule has 2 aromatic carbocycles. The van der Waals surface area contributed by atoms with Crippen LogP contribution in [-0.2, 0) is 4.79 Å². The monoisotopic (exact) mass is 404 g/mol. The second-order valence-corrected chi connectivity index (χ2v) is 7.46. The van der Waals surface area contributed by atoms with Gasteiger partial charge in [0.2, 0.25) is 5.91 Å². The van der Waals surface area contributed by atoms with E-state index in [9.17, 15) is 14.9 Å². The van der Waals surface area contributed by atoms with Crippen LogP contribution in [0.15, 0.2) is 41.3 Å². The summed E-state index contributed by atoms with van der Waals surface area (Å²) >= 11 is 1.38. The number of non-ortho nitro benzene ring substituents is 1. The molecular formula is C19H20N2O6S. The maximum Gasteiger partial charge on any atom is 0.273 e. The summed E-state index contributed by atoms with van der Waals surface area (Å²) < 4.78 is 16.4. The minimum atomic E-state index is -0.517. The molecule has 1 atom stereocenters. The van der Waals surface area contributed by atoms with Gasteiger partial charge in [0.25, 0.3) is 5.69 Å². The first-order chi connectivity index (χ1) is 13.5. The van der Waals surface area contributed by atoms with Crippen molar-refractivity contribution >= 4 is 29.0 Å². The highest BCUT2D eigenvalue weighted by atomic mass is 32.2. The zero-order valence-corrected chi connectivity index (χ0v) is 16.3. The average molecular weight is 404 g/mol. The molecule has 0 fully saturated rings. The quantitative estimate of drug-likeness (QED) is 0.443. The fraction of sp³-hybridized carbons (Fsp3) is 0.316. The number of nitrogens with one attached hydrogen (secondary N) is 1. The zero-order chi connectivity index (χ0) is 20.1. The lowest BCUT2D eigenvalue weighted by atomic mass is 10.2. The van der Waals surface area contributed by atoms with E-state index in [0.29, 0.717) is 30.4 Å². The molecule has 3 rings (SSSR count). The molecule has 0 bridgehead atoms. The molecule has 1 heterocycles. The number of carbonyl (C=O) groups is 1. The van der Waals surface area contributed by atoms with E-state index in [1.165, 1.54) is 37.1 Å². The van der Waals surface area contributed by atoms with Gasteiger partial charge in [-0.2, -0.15) is 0 Å². The lowest BCUT2D eigenvalue weighted by Gasteiger charge is -2.15. The van der Waals surface area contributed by atoms with Crippen molar-refractivity contribution < 1.29 is 23.9 Å². The number of ether oxygens (including phenoxy) is 3. The van der Waals surface area contributed by atoms with Gasteiger partial charge < -0.3 is 19.5 Å². The number of benzene rings is 2. The van der Waals surface area contributed by atoms with Crippen LogP contribution in [0.25, 0.3) is 0 Å². The van der Waals surface area contributed by atoms with E-state index in [1.54, 1.807) is 6.92 Å². The minimum Gasteiger partial charge on any atom is -0.494 e. The fourth-order valence-electron chi connectivity index (χ4n) is 2.61. The van der Waals surface area contributed by atoms with E-state index in [-0.39, 0.29) is 17.3 Å². The third-order valence-corrected chi connectivity index (χ3v) is 5.15. The molecule has 0 aliphatic carbocycles. The van der Waals surface area contributed by atoms with E-state index < -0.39 is 10.2 Å². The summed E-state index contributed by atoms with van der Waals surface area (Å²) in [6.45, 7) is 2.99. The van der Waals surface area contributed by atoms with Crippen LogP contribution < -0.4 is 19.5 Å². The van der Waals surface area contributed by atoms with Gasteiger partial charge in [-0.3, -0.25) is 14.9 Å². The Morgan fingerprint density at radius 1 is 1.21 bits per heavy atom. The van der Waals surface area contributed by atoms with Gasteiger partial charge in [-0.25, -0.2) is 0 Å². The molecule has 8 nitrogen and oxygen atoms in total. The molecule has 148 valence electrons. The predicted octanol–water partition coefficient (Wildman–Crippen LogP) is 3.88. The van der Waals surface area contributed by atoms with Crippen LogP contribution in [-0.4, -0.2) is 36.4 Å². The normalized spacial score (nSPS) is 13.9. The summed E-state index contributed by atoms with van der Waals surface area (Å²) in [7, 11) is 1.39. The van der Waals surface area contributed by atoms with Crippen molar-refractivity contribution in [1.29, 1.82) is 0 Å². The minimum absolute atomic E-state index is 0.107. The van der Waals surface area contributed by atoms with Crippen LogP contribution in [0, 0.1) is 10.1 Å². The first kappa shape index (κ1) is 19.8. The summed E-state index contributed by atoms with van der Waals surface area (Å²) in [5.41, 5.74) is 0.272. The number of fused-ring (bicyclic) bond motifs is 1. The molecule has 9 heteroatoms. The lowest BCUT2D eigenvalue weighted by Crippen LogP contribution is -2.22. The van der Waals surface area contributed by atoms with E-state index in [0.717, 1.165) is 11.3 Å². The van der Waals surface area contributed by atoms with Crippen molar-refractivity contribution in [1.82, 2.24) is 0 Å². The lowest BCUT2D eigenvalue weighted by molar-refractivity contribution is -0.384. The number of nitrogens with zero attached hydrogens (tertiary/aromatic N) is 1. The van der Waals surface area contributed by atoms with Crippen LogP contribution >= 0.6 is 11.8 Å². The Hall–Kier alpha value is -2.94. The summed E-state index contributed by atoms with van der Waals surface area (Å²) in [6.07, 6.45) is 0.826. The molecule has 0 unspecified atom stereocenters. The van der Waals surface area contributed by atoms with Crippen molar-refractivity contribution in [2.45, 2.75) is 23.5 Å². The second-order valence-electron chi connectivity index (χ2n) is 6.05. The van der Waals surface area contributed by atoms with Gasteiger partial charge in [0.15, 0.2) is 11.5 Å². The maximum atomic E-state index is 12.6. The maximum absolute atomic E-state index is 12.6. The van der Waals surface area contributed by atoms with Gasteiger partial charge >= 0.3 is 0 Å². The fourth-order valence-corrected chi connectivity index (χ4v) is 3.50. The largest absolute Gasteiger partial charge is 0.494 e. The molecule has 0 aromatic heterocycles. The Morgan fingerprint density at radius 3 is 2.68 bits per heavy atom. The van der Waals surface area contributed by atoms with E-state index >= 15 is 0 Å². The van der Waals surface area contributed by atoms with Gasteiger partial charge in [-0.1, -0.05) is 0 Å². The Bertz CT molecular complexity index is 889. The Kier molecular flexibility index (Phi) is 6.25. The van der Waals surface area contributed by atoms with Crippen LogP contribution in [0.3, 0.4) is 0 Å². The van der Waals surface area contributed by atoms with E-state index in [1.807, 2.05) is 18.2 Å². The van der Waals surface area contributed by atoms with Crippen molar-refractivity contribution in [2.75, 3.05) is 25.6 Å². The highest BCUT2D eigenvalue weighted by Crippen LogP contribution is 2.36. The molecule has 28 heavy (non-hydrogen) atoms. The number of thioether (sulfide) groups is 1. The predicted molar refractivity (Wildman–Crippen MR) is 106 cm³/mol. The third-order valence-electron chi connectivity index (χ3n) is 4.05. The molecule has 0 saturated carbocycles. The standard InChI is InChI=1S/C19H20N2O6S/c1-12(28-14-5-7-16-18(11-14)27-9-3-8-26-16)19(22)20-15-6-4-13(21(23)24)10-17(15)25-2/h4-7,10-12H,3,8-9H2,1-2H3,(H,20,22)/t12-/m0/s1.